The van der Waals surface area contributed by atoms with Crippen LogP contribution in [0.1, 0.15) is 20.3 Å². The minimum Gasteiger partial charge on any atom is -0.492 e. The Morgan fingerprint density at radius 2 is 2.00 bits per heavy atom. The minimum absolute atomic E-state index is 0.233. The van der Waals surface area contributed by atoms with Gasteiger partial charge in [0.1, 0.15) is 5.75 Å². The van der Waals surface area contributed by atoms with Crippen LogP contribution in [-0.4, -0.2) is 36.0 Å². The Labute approximate surface area is 132 Å². The van der Waals surface area contributed by atoms with E-state index in [1.165, 1.54) is 32.4 Å². The lowest BCUT2D eigenvalue weighted by molar-refractivity contribution is -0.222. The normalized spacial score (nSPS) is 16.4. The molecule has 8 heteroatoms. The zero-order valence-corrected chi connectivity index (χ0v) is 12.8. The largest absolute Gasteiger partial charge is 0.492 e. The quantitative estimate of drug-likeness (QED) is 0.370. The molecule has 1 saturated heterocycles. The molecule has 0 atom stereocenters. The molecule has 1 aliphatic rings. The van der Waals surface area contributed by atoms with Crippen molar-refractivity contribution in [3.05, 3.63) is 30.2 Å². The van der Waals surface area contributed by atoms with Gasteiger partial charge in [-0.05, 0) is 0 Å². The van der Waals surface area contributed by atoms with Crippen LogP contribution in [-0.2, 0) is 19.1 Å². The predicted molar refractivity (Wildman–Crippen MR) is 78.3 cm³/mol. The standard InChI is InChI=1S/C15H17FN2O5/c1-15(2)22-13(19)12(14(20)23-15)9-18-10-6-11(8-17-7-10)21-5-3-4-16/h6-9,18H,3-5H2,1-2H3. The summed E-state index contributed by atoms with van der Waals surface area (Å²) in [5.74, 6) is -2.39. The first-order valence-electron chi connectivity index (χ1n) is 6.98. The number of anilines is 1. The van der Waals surface area contributed by atoms with Gasteiger partial charge in [-0.2, -0.15) is 0 Å². The van der Waals surface area contributed by atoms with Gasteiger partial charge in [0.2, 0.25) is 0 Å². The molecule has 0 radical (unpaired) electrons. The van der Waals surface area contributed by atoms with Crippen molar-refractivity contribution in [1.82, 2.24) is 4.98 Å². The lowest BCUT2D eigenvalue weighted by atomic mass is 10.2. The van der Waals surface area contributed by atoms with Crippen molar-refractivity contribution in [3.63, 3.8) is 0 Å². The number of halogens is 1. The van der Waals surface area contributed by atoms with Gasteiger partial charge >= 0.3 is 11.9 Å². The molecule has 0 bridgehead atoms. The molecule has 1 aromatic heterocycles. The second kappa shape index (κ2) is 7.08. The number of aromatic nitrogens is 1. The number of esters is 2. The fourth-order valence-electron chi connectivity index (χ4n) is 1.76. The molecule has 7 nitrogen and oxygen atoms in total. The summed E-state index contributed by atoms with van der Waals surface area (Å²) in [7, 11) is 0. The molecule has 1 aliphatic heterocycles. The number of hydrogen-bond donors (Lipinski definition) is 1. The maximum absolute atomic E-state index is 12.0. The molecule has 124 valence electrons. The molecule has 1 N–H and O–H groups in total. The molecule has 23 heavy (non-hydrogen) atoms. The van der Waals surface area contributed by atoms with Crippen molar-refractivity contribution in [3.8, 4) is 5.75 Å². The number of rotatable bonds is 6. The SMILES string of the molecule is CC1(C)OC(=O)C(=CNc2cncc(OCCCF)c2)C(=O)O1. The molecule has 1 fully saturated rings. The van der Waals surface area contributed by atoms with E-state index in [-0.39, 0.29) is 18.6 Å². The highest BCUT2D eigenvalue weighted by atomic mass is 19.1. The first-order chi connectivity index (χ1) is 10.9. The third-order valence-corrected chi connectivity index (χ3v) is 2.76. The van der Waals surface area contributed by atoms with Crippen LogP contribution in [0.4, 0.5) is 10.1 Å². The monoisotopic (exact) mass is 324 g/mol. The fraction of sp³-hybridized carbons (Fsp3) is 0.400. The minimum atomic E-state index is -1.28. The van der Waals surface area contributed by atoms with E-state index in [9.17, 15) is 14.0 Å². The lowest BCUT2D eigenvalue weighted by Gasteiger charge is -2.29. The summed E-state index contributed by atoms with van der Waals surface area (Å²) in [6.07, 6.45) is 4.42. The highest BCUT2D eigenvalue weighted by Gasteiger charge is 2.38. The smallest absolute Gasteiger partial charge is 0.350 e. The van der Waals surface area contributed by atoms with Crippen molar-refractivity contribution >= 4 is 17.6 Å². The molecule has 1 aromatic rings. The van der Waals surface area contributed by atoms with Crippen LogP contribution in [0.15, 0.2) is 30.2 Å². The number of nitrogens with zero attached hydrogens (tertiary/aromatic N) is 1. The Kier molecular flexibility index (Phi) is 5.15. The number of hydrogen-bond acceptors (Lipinski definition) is 7. The van der Waals surface area contributed by atoms with Crippen molar-refractivity contribution in [2.24, 2.45) is 0 Å². The van der Waals surface area contributed by atoms with Crippen LogP contribution in [0.25, 0.3) is 0 Å². The zero-order chi connectivity index (χ0) is 16.9. The van der Waals surface area contributed by atoms with E-state index in [0.717, 1.165) is 0 Å². The predicted octanol–water partition coefficient (Wildman–Crippen LogP) is 1.95. The van der Waals surface area contributed by atoms with Crippen LogP contribution in [0.2, 0.25) is 0 Å². The maximum Gasteiger partial charge on any atom is 0.350 e. The molecule has 0 amide bonds. The number of ether oxygens (including phenoxy) is 3. The molecular formula is C15H17FN2O5. The molecular weight excluding hydrogens is 307 g/mol. The van der Waals surface area contributed by atoms with Crippen LogP contribution >= 0.6 is 0 Å². The first-order valence-corrected chi connectivity index (χ1v) is 6.98. The van der Waals surface area contributed by atoms with Crippen molar-refractivity contribution in [2.75, 3.05) is 18.6 Å². The van der Waals surface area contributed by atoms with E-state index in [1.807, 2.05) is 0 Å². The van der Waals surface area contributed by atoms with Crippen LogP contribution < -0.4 is 10.1 Å². The second-order valence-electron chi connectivity index (χ2n) is 5.18. The van der Waals surface area contributed by atoms with Gasteiger partial charge < -0.3 is 19.5 Å². The van der Waals surface area contributed by atoms with Gasteiger partial charge in [-0.1, -0.05) is 0 Å². The summed E-state index contributed by atoms with van der Waals surface area (Å²) in [5, 5.41) is 2.75. The number of pyridine rings is 1. The number of carbonyl (C=O) groups is 2. The van der Waals surface area contributed by atoms with Gasteiger partial charge in [0.25, 0.3) is 5.79 Å². The van der Waals surface area contributed by atoms with Gasteiger partial charge in [0.05, 0.1) is 31.4 Å². The fourth-order valence-corrected chi connectivity index (χ4v) is 1.76. The molecule has 2 rings (SSSR count). The maximum atomic E-state index is 12.0. The Hall–Kier alpha value is -2.64. The molecule has 0 aliphatic carbocycles. The van der Waals surface area contributed by atoms with Crippen LogP contribution in [0.5, 0.6) is 5.75 Å². The number of cyclic esters (lactones) is 2. The van der Waals surface area contributed by atoms with Crippen LogP contribution in [0.3, 0.4) is 0 Å². The summed E-state index contributed by atoms with van der Waals surface area (Å²) >= 11 is 0. The number of carbonyl (C=O) groups excluding carboxylic acids is 2. The molecule has 0 saturated carbocycles. The topological polar surface area (TPSA) is 86.8 Å². The number of nitrogens with one attached hydrogen (secondary N) is 1. The summed E-state index contributed by atoms with van der Waals surface area (Å²) < 4.78 is 27.3. The van der Waals surface area contributed by atoms with Gasteiger partial charge in [-0.15, -0.1) is 0 Å². The molecule has 2 heterocycles. The van der Waals surface area contributed by atoms with Gasteiger partial charge in [-0.3, -0.25) is 9.37 Å². The Bertz CT molecular complexity index is 608. The van der Waals surface area contributed by atoms with E-state index in [2.05, 4.69) is 10.3 Å². The van der Waals surface area contributed by atoms with Crippen molar-refractivity contribution in [2.45, 2.75) is 26.1 Å². The zero-order valence-electron chi connectivity index (χ0n) is 12.8. The van der Waals surface area contributed by atoms with Crippen molar-refractivity contribution < 1.29 is 28.2 Å². The summed E-state index contributed by atoms with van der Waals surface area (Å²) in [6.45, 7) is 2.71. The highest BCUT2D eigenvalue weighted by molar-refractivity contribution is 6.15. The first kappa shape index (κ1) is 16.7. The average Bonchev–Trinajstić information content (AvgIpc) is 2.46. The molecule has 0 spiro atoms. The Morgan fingerprint density at radius 1 is 1.30 bits per heavy atom. The average molecular weight is 324 g/mol. The van der Waals surface area contributed by atoms with Gasteiger partial charge in [0, 0.05) is 32.5 Å². The summed E-state index contributed by atoms with van der Waals surface area (Å²) in [6, 6.07) is 1.60. The Balaban J connectivity index is 2.03. The van der Waals surface area contributed by atoms with Crippen molar-refractivity contribution in [1.29, 1.82) is 0 Å². The third-order valence-electron chi connectivity index (χ3n) is 2.76. The second-order valence-corrected chi connectivity index (χ2v) is 5.18. The Morgan fingerprint density at radius 3 is 2.65 bits per heavy atom. The lowest BCUT2D eigenvalue weighted by Crippen LogP contribution is -2.42. The summed E-state index contributed by atoms with van der Waals surface area (Å²) in [5.41, 5.74) is 0.230. The number of alkyl halides is 1. The molecule has 0 unspecified atom stereocenters. The highest BCUT2D eigenvalue weighted by Crippen LogP contribution is 2.23. The van der Waals surface area contributed by atoms with E-state index in [4.69, 9.17) is 14.2 Å². The summed E-state index contributed by atoms with van der Waals surface area (Å²) in [4.78, 5) is 27.5. The third kappa shape index (κ3) is 4.67. The van der Waals surface area contributed by atoms with Gasteiger partial charge in [0.15, 0.2) is 5.57 Å². The van der Waals surface area contributed by atoms with E-state index in [0.29, 0.717) is 11.4 Å². The molecule has 0 aromatic carbocycles. The van der Waals surface area contributed by atoms with E-state index >= 15 is 0 Å². The van der Waals surface area contributed by atoms with Gasteiger partial charge in [-0.25, -0.2) is 9.59 Å². The van der Waals surface area contributed by atoms with E-state index in [1.54, 1.807) is 6.07 Å². The van der Waals surface area contributed by atoms with Crippen LogP contribution in [0, 0.1) is 0 Å². The van der Waals surface area contributed by atoms with E-state index < -0.39 is 24.4 Å².